The zero-order valence-corrected chi connectivity index (χ0v) is 11.9. The fraction of sp³-hybridized carbons (Fsp3) is 0.154. The number of nitro benzene ring substituents is 1. The van der Waals surface area contributed by atoms with Gasteiger partial charge < -0.3 is 5.32 Å². The first-order valence-electron chi connectivity index (χ1n) is 5.84. The number of anilines is 1. The molecule has 1 heterocycles. The molecule has 0 saturated carbocycles. The van der Waals surface area contributed by atoms with E-state index in [1.165, 1.54) is 6.07 Å². The van der Waals surface area contributed by atoms with E-state index >= 15 is 0 Å². The molecule has 0 radical (unpaired) electrons. The molecule has 0 aliphatic heterocycles. The van der Waals surface area contributed by atoms with Crippen LogP contribution in [0.15, 0.2) is 41.1 Å². The minimum Gasteiger partial charge on any atom is -0.379 e. The highest BCUT2D eigenvalue weighted by Crippen LogP contribution is 2.30. The van der Waals surface area contributed by atoms with Crippen molar-refractivity contribution >= 4 is 27.3 Å². The van der Waals surface area contributed by atoms with Crippen LogP contribution in [-0.4, -0.2) is 16.5 Å². The highest BCUT2D eigenvalue weighted by atomic mass is 79.9. The average Bonchev–Trinajstić information content (AvgIpc) is 2.43. The Morgan fingerprint density at radius 2 is 2.25 bits per heavy atom. The highest BCUT2D eigenvalue weighted by Gasteiger charge is 2.17. The van der Waals surface area contributed by atoms with Crippen LogP contribution in [0.3, 0.4) is 0 Å². The summed E-state index contributed by atoms with van der Waals surface area (Å²) in [5, 5.41) is 13.8. The largest absolute Gasteiger partial charge is 0.379 e. The van der Waals surface area contributed by atoms with Gasteiger partial charge in [0.05, 0.1) is 15.5 Å². The van der Waals surface area contributed by atoms with E-state index in [4.69, 9.17) is 0 Å². The lowest BCUT2D eigenvalue weighted by Crippen LogP contribution is -2.07. The van der Waals surface area contributed by atoms with Gasteiger partial charge in [-0.2, -0.15) is 0 Å². The molecule has 7 heteroatoms. The Bertz CT molecular complexity index is 623. The third-order valence-corrected chi connectivity index (χ3v) is 3.29. The molecule has 0 unspecified atom stereocenters. The second kappa shape index (κ2) is 6.42. The van der Waals surface area contributed by atoms with E-state index in [-0.39, 0.29) is 15.8 Å². The van der Waals surface area contributed by atoms with Gasteiger partial charge in [-0.1, -0.05) is 6.07 Å². The van der Waals surface area contributed by atoms with Crippen molar-refractivity contribution in [2.45, 2.75) is 6.42 Å². The first-order chi connectivity index (χ1) is 9.58. The van der Waals surface area contributed by atoms with Gasteiger partial charge in [0.15, 0.2) is 0 Å². The Kier molecular flexibility index (Phi) is 4.62. The Morgan fingerprint density at radius 1 is 1.45 bits per heavy atom. The van der Waals surface area contributed by atoms with E-state index in [0.717, 1.165) is 11.6 Å². The topological polar surface area (TPSA) is 68.1 Å². The summed E-state index contributed by atoms with van der Waals surface area (Å²) in [7, 11) is 0. The van der Waals surface area contributed by atoms with E-state index in [1.54, 1.807) is 12.4 Å². The average molecular weight is 340 g/mol. The molecule has 0 aliphatic rings. The molecule has 0 atom stereocenters. The van der Waals surface area contributed by atoms with E-state index in [2.05, 4.69) is 26.2 Å². The third kappa shape index (κ3) is 3.51. The second-order valence-electron chi connectivity index (χ2n) is 4.08. The summed E-state index contributed by atoms with van der Waals surface area (Å²) in [5.74, 6) is -0.658. The summed E-state index contributed by atoms with van der Waals surface area (Å²) in [5.41, 5.74) is 1.02. The summed E-state index contributed by atoms with van der Waals surface area (Å²) in [6.07, 6.45) is 4.08. The van der Waals surface area contributed by atoms with E-state index in [9.17, 15) is 14.5 Å². The molecule has 0 amide bonds. The van der Waals surface area contributed by atoms with Gasteiger partial charge in [-0.15, -0.1) is 0 Å². The maximum Gasteiger partial charge on any atom is 0.295 e. The molecule has 2 aromatic rings. The zero-order valence-electron chi connectivity index (χ0n) is 10.3. The summed E-state index contributed by atoms with van der Waals surface area (Å²) < 4.78 is 13.5. The van der Waals surface area contributed by atoms with Crippen molar-refractivity contribution in [2.75, 3.05) is 11.9 Å². The molecule has 0 saturated heterocycles. The van der Waals surface area contributed by atoms with Gasteiger partial charge in [-0.05, 0) is 40.0 Å². The van der Waals surface area contributed by atoms with Gasteiger partial charge >= 0.3 is 0 Å². The first kappa shape index (κ1) is 14.4. The molecular weight excluding hydrogens is 329 g/mol. The van der Waals surface area contributed by atoms with Crippen LogP contribution in [0.4, 0.5) is 15.8 Å². The molecule has 104 valence electrons. The van der Waals surface area contributed by atoms with Crippen LogP contribution < -0.4 is 5.32 Å². The fourth-order valence-corrected chi connectivity index (χ4v) is 2.06. The molecule has 2 rings (SSSR count). The molecular formula is C13H11BrFN3O2. The maximum absolute atomic E-state index is 13.3. The minimum atomic E-state index is -0.658. The van der Waals surface area contributed by atoms with Crippen LogP contribution >= 0.6 is 15.9 Å². The number of pyridine rings is 1. The summed E-state index contributed by atoms with van der Waals surface area (Å²) in [6, 6.07) is 6.02. The van der Waals surface area contributed by atoms with Gasteiger partial charge in [0.25, 0.3) is 5.69 Å². The molecule has 5 nitrogen and oxygen atoms in total. The quantitative estimate of drug-likeness (QED) is 0.668. The number of benzene rings is 1. The number of nitrogens with one attached hydrogen (secondary N) is 1. The molecule has 1 aromatic carbocycles. The molecule has 0 aliphatic carbocycles. The molecule has 1 N–H and O–H groups in total. The lowest BCUT2D eigenvalue weighted by molar-refractivity contribution is -0.384. The number of rotatable bonds is 5. The number of nitrogens with zero attached hydrogens (tertiary/aromatic N) is 2. The lowest BCUT2D eigenvalue weighted by atomic mass is 10.2. The van der Waals surface area contributed by atoms with Crippen LogP contribution in [-0.2, 0) is 6.42 Å². The van der Waals surface area contributed by atoms with Crippen molar-refractivity contribution in [3.05, 3.63) is 62.6 Å². The fourth-order valence-electron chi connectivity index (χ4n) is 1.72. The van der Waals surface area contributed by atoms with Crippen molar-refractivity contribution in [2.24, 2.45) is 0 Å². The zero-order chi connectivity index (χ0) is 14.5. The second-order valence-corrected chi connectivity index (χ2v) is 4.93. The Morgan fingerprint density at radius 3 is 2.90 bits per heavy atom. The van der Waals surface area contributed by atoms with Gasteiger partial charge in [0, 0.05) is 18.9 Å². The maximum atomic E-state index is 13.3. The normalized spacial score (nSPS) is 10.3. The predicted molar refractivity (Wildman–Crippen MR) is 77.2 cm³/mol. The number of hydrogen-bond donors (Lipinski definition) is 1. The van der Waals surface area contributed by atoms with Gasteiger partial charge in [-0.3, -0.25) is 15.1 Å². The Hall–Kier alpha value is -2.02. The van der Waals surface area contributed by atoms with E-state index < -0.39 is 10.7 Å². The van der Waals surface area contributed by atoms with Crippen molar-refractivity contribution in [1.29, 1.82) is 0 Å². The first-order valence-corrected chi connectivity index (χ1v) is 6.63. The van der Waals surface area contributed by atoms with E-state index in [1.807, 2.05) is 12.1 Å². The monoisotopic (exact) mass is 339 g/mol. The van der Waals surface area contributed by atoms with Gasteiger partial charge in [-0.25, -0.2) is 4.39 Å². The smallest absolute Gasteiger partial charge is 0.295 e. The van der Waals surface area contributed by atoms with Crippen LogP contribution in [0.1, 0.15) is 5.56 Å². The molecule has 1 aromatic heterocycles. The minimum absolute atomic E-state index is 0.187. The Labute approximate surface area is 123 Å². The van der Waals surface area contributed by atoms with Crippen LogP contribution in [0.25, 0.3) is 0 Å². The molecule has 0 bridgehead atoms. The van der Waals surface area contributed by atoms with Crippen LogP contribution in [0, 0.1) is 15.9 Å². The number of nitro groups is 1. The van der Waals surface area contributed by atoms with Gasteiger partial charge in [0.2, 0.25) is 0 Å². The van der Waals surface area contributed by atoms with Crippen LogP contribution in [0.2, 0.25) is 0 Å². The van der Waals surface area contributed by atoms with Crippen LogP contribution in [0.5, 0.6) is 0 Å². The van der Waals surface area contributed by atoms with Crippen molar-refractivity contribution < 1.29 is 9.31 Å². The molecule has 20 heavy (non-hydrogen) atoms. The predicted octanol–water partition coefficient (Wildman–Crippen LogP) is 3.55. The van der Waals surface area contributed by atoms with Crippen molar-refractivity contribution in [1.82, 2.24) is 4.98 Å². The number of halogens is 2. The lowest BCUT2D eigenvalue weighted by Gasteiger charge is -2.08. The summed E-state index contributed by atoms with van der Waals surface area (Å²) >= 11 is 3.02. The van der Waals surface area contributed by atoms with Crippen molar-refractivity contribution in [3.8, 4) is 0 Å². The molecule has 0 spiro atoms. The third-order valence-electron chi connectivity index (χ3n) is 2.69. The summed E-state index contributed by atoms with van der Waals surface area (Å²) in [4.78, 5) is 14.3. The van der Waals surface area contributed by atoms with Gasteiger partial charge in [0.1, 0.15) is 11.5 Å². The SMILES string of the molecule is O=[N+]([O-])c1cc(F)c(Br)cc1NCCc1cccnc1. The highest BCUT2D eigenvalue weighted by molar-refractivity contribution is 9.10. The van der Waals surface area contributed by atoms with E-state index in [0.29, 0.717) is 13.0 Å². The summed E-state index contributed by atoms with van der Waals surface area (Å²) in [6.45, 7) is 0.491. The molecule has 0 fully saturated rings. The number of hydrogen-bond acceptors (Lipinski definition) is 4. The number of aromatic nitrogens is 1. The standard InChI is InChI=1S/C13H11BrFN3O2/c14-10-6-12(13(18(19)20)7-11(10)15)17-5-3-9-2-1-4-16-8-9/h1-2,4,6-8,17H,3,5H2. The Balaban J connectivity index is 2.09. The van der Waals surface area contributed by atoms with Crippen molar-refractivity contribution in [3.63, 3.8) is 0 Å².